The summed E-state index contributed by atoms with van der Waals surface area (Å²) in [4.78, 5) is 27.0. The summed E-state index contributed by atoms with van der Waals surface area (Å²) in [6.45, 7) is 2.67. The summed E-state index contributed by atoms with van der Waals surface area (Å²) in [6.07, 6.45) is 3.56. The molecule has 0 bridgehead atoms. The Kier molecular flexibility index (Phi) is 5.52. The molecule has 6 heteroatoms. The topological polar surface area (TPSA) is 65.5 Å². The number of pyridine rings is 1. The fourth-order valence-corrected chi connectivity index (χ4v) is 2.76. The lowest BCUT2D eigenvalue weighted by Crippen LogP contribution is -2.02. The summed E-state index contributed by atoms with van der Waals surface area (Å²) in [5.74, 6) is -0.133. The predicted octanol–water partition coefficient (Wildman–Crippen LogP) is 4.91. The van der Waals surface area contributed by atoms with Crippen molar-refractivity contribution in [3.63, 3.8) is 0 Å². The van der Waals surface area contributed by atoms with Gasteiger partial charge in [-0.05, 0) is 29.8 Å². The molecule has 0 spiro atoms. The fourth-order valence-electron chi connectivity index (χ4n) is 2.53. The largest absolute Gasteiger partial charge is 0.425 e. The Morgan fingerprint density at radius 2 is 1.56 bits per heavy atom. The molecule has 0 aliphatic rings. The number of halogens is 1. The minimum Gasteiger partial charge on any atom is -0.425 e. The van der Waals surface area contributed by atoms with Gasteiger partial charge >= 0.3 is 11.9 Å². The highest BCUT2D eigenvalue weighted by Gasteiger charge is 2.08. The molecule has 0 aliphatic carbocycles. The zero-order chi connectivity index (χ0) is 19.4. The van der Waals surface area contributed by atoms with Crippen molar-refractivity contribution in [2.75, 3.05) is 0 Å². The summed E-state index contributed by atoms with van der Waals surface area (Å²) < 4.78 is 10.3. The molecule has 0 unspecified atom stereocenters. The summed E-state index contributed by atoms with van der Waals surface area (Å²) in [7, 11) is 0. The van der Waals surface area contributed by atoms with Gasteiger partial charge in [-0.15, -0.1) is 0 Å². The van der Waals surface area contributed by atoms with Crippen molar-refractivity contribution in [3.8, 4) is 11.5 Å². The van der Waals surface area contributed by atoms with Crippen LogP contribution in [0, 0.1) is 0 Å². The average molecular weight is 382 g/mol. The average Bonchev–Trinajstić information content (AvgIpc) is 2.62. The lowest BCUT2D eigenvalue weighted by molar-refractivity contribution is -0.132. The number of para-hydroxylation sites is 1. The number of fused-ring (bicyclic) bond motifs is 1. The van der Waals surface area contributed by atoms with Gasteiger partial charge in [0.1, 0.15) is 11.3 Å². The zero-order valence-corrected chi connectivity index (χ0v) is 15.5. The van der Waals surface area contributed by atoms with Crippen molar-refractivity contribution >= 4 is 46.6 Å². The van der Waals surface area contributed by atoms with E-state index in [0.717, 1.165) is 5.39 Å². The molecular weight excluding hydrogens is 366 g/mol. The van der Waals surface area contributed by atoms with E-state index in [1.165, 1.54) is 13.8 Å². The quantitative estimate of drug-likeness (QED) is 0.474. The molecule has 0 saturated heterocycles. The molecule has 0 N–H and O–H groups in total. The SMILES string of the molecule is CC(=O)Oc1cccc(/C=C/c2ccc3cccc(OC(C)=O)c3n2)c1Cl. The monoisotopic (exact) mass is 381 g/mol. The van der Waals surface area contributed by atoms with Gasteiger partial charge in [-0.25, -0.2) is 4.98 Å². The maximum Gasteiger partial charge on any atom is 0.308 e. The van der Waals surface area contributed by atoms with E-state index in [2.05, 4.69) is 4.98 Å². The second-order valence-electron chi connectivity index (χ2n) is 5.74. The standard InChI is InChI=1S/C21H16ClNO4/c1-13(24)26-18-7-3-5-15(20(18)22)9-11-17-12-10-16-6-4-8-19(21(16)23-17)27-14(2)25/h3-12H,1-2H3/b11-9+. The molecule has 0 aliphatic heterocycles. The van der Waals surface area contributed by atoms with Gasteiger partial charge in [-0.2, -0.15) is 0 Å². The van der Waals surface area contributed by atoms with Crippen LogP contribution in [0.2, 0.25) is 5.02 Å². The van der Waals surface area contributed by atoms with E-state index in [-0.39, 0.29) is 0 Å². The van der Waals surface area contributed by atoms with Gasteiger partial charge in [0, 0.05) is 19.2 Å². The number of benzene rings is 2. The van der Waals surface area contributed by atoms with Crippen molar-refractivity contribution in [2.24, 2.45) is 0 Å². The molecule has 0 atom stereocenters. The van der Waals surface area contributed by atoms with Gasteiger partial charge in [0.2, 0.25) is 0 Å². The molecule has 0 saturated carbocycles. The Bertz CT molecular complexity index is 1060. The van der Waals surface area contributed by atoms with Crippen LogP contribution in [-0.4, -0.2) is 16.9 Å². The number of aromatic nitrogens is 1. The number of rotatable bonds is 4. The van der Waals surface area contributed by atoms with Crippen LogP contribution in [0.25, 0.3) is 23.1 Å². The van der Waals surface area contributed by atoms with Crippen LogP contribution in [0.15, 0.2) is 48.5 Å². The molecule has 0 amide bonds. The first-order valence-corrected chi connectivity index (χ1v) is 8.55. The van der Waals surface area contributed by atoms with E-state index in [4.69, 9.17) is 21.1 Å². The van der Waals surface area contributed by atoms with Crippen LogP contribution >= 0.6 is 11.6 Å². The molecule has 0 fully saturated rings. The fraction of sp³-hybridized carbons (Fsp3) is 0.0952. The molecule has 2 aromatic carbocycles. The van der Waals surface area contributed by atoms with E-state index in [0.29, 0.717) is 33.3 Å². The number of nitrogens with zero attached hydrogens (tertiary/aromatic N) is 1. The second kappa shape index (κ2) is 8.01. The smallest absolute Gasteiger partial charge is 0.308 e. The Morgan fingerprint density at radius 1 is 0.889 bits per heavy atom. The maximum atomic E-state index is 11.3. The normalized spacial score (nSPS) is 10.9. The molecule has 27 heavy (non-hydrogen) atoms. The van der Waals surface area contributed by atoms with Gasteiger partial charge in [-0.1, -0.05) is 48.0 Å². The van der Waals surface area contributed by atoms with E-state index in [9.17, 15) is 9.59 Å². The molecule has 3 aromatic rings. The van der Waals surface area contributed by atoms with Crippen LogP contribution in [0.1, 0.15) is 25.1 Å². The third-order valence-corrected chi connectivity index (χ3v) is 4.04. The number of ether oxygens (including phenoxy) is 2. The molecule has 0 radical (unpaired) electrons. The van der Waals surface area contributed by atoms with Crippen LogP contribution in [-0.2, 0) is 9.59 Å². The first-order chi connectivity index (χ1) is 12.9. The lowest BCUT2D eigenvalue weighted by atomic mass is 10.1. The van der Waals surface area contributed by atoms with E-state index >= 15 is 0 Å². The molecule has 1 heterocycles. The molecule has 5 nitrogen and oxygen atoms in total. The van der Waals surface area contributed by atoms with E-state index < -0.39 is 11.9 Å². The number of carbonyl (C=O) groups excluding carboxylic acids is 2. The van der Waals surface area contributed by atoms with Gasteiger partial charge in [0.05, 0.1) is 10.7 Å². The van der Waals surface area contributed by atoms with Crippen molar-refractivity contribution in [3.05, 3.63) is 64.8 Å². The predicted molar refractivity (Wildman–Crippen MR) is 105 cm³/mol. The second-order valence-corrected chi connectivity index (χ2v) is 6.12. The third-order valence-electron chi connectivity index (χ3n) is 3.64. The van der Waals surface area contributed by atoms with Gasteiger partial charge in [-0.3, -0.25) is 9.59 Å². The summed E-state index contributed by atoms with van der Waals surface area (Å²) in [5.41, 5.74) is 1.94. The van der Waals surface area contributed by atoms with Crippen LogP contribution < -0.4 is 9.47 Å². The van der Waals surface area contributed by atoms with Gasteiger partial charge in [0.25, 0.3) is 0 Å². The molecule has 3 rings (SSSR count). The molecule has 136 valence electrons. The highest BCUT2D eigenvalue weighted by molar-refractivity contribution is 6.33. The third kappa shape index (κ3) is 4.51. The lowest BCUT2D eigenvalue weighted by Gasteiger charge is -2.07. The van der Waals surface area contributed by atoms with Crippen LogP contribution in [0.3, 0.4) is 0 Å². The first-order valence-electron chi connectivity index (χ1n) is 8.17. The number of hydrogen-bond acceptors (Lipinski definition) is 5. The summed E-state index contributed by atoms with van der Waals surface area (Å²) in [5, 5.41) is 1.20. The Balaban J connectivity index is 1.95. The zero-order valence-electron chi connectivity index (χ0n) is 14.7. The minimum atomic E-state index is -0.438. The number of carbonyl (C=O) groups is 2. The summed E-state index contributed by atoms with van der Waals surface area (Å²) in [6, 6.07) is 14.3. The van der Waals surface area contributed by atoms with Crippen molar-refractivity contribution in [1.29, 1.82) is 0 Å². The highest BCUT2D eigenvalue weighted by Crippen LogP contribution is 2.30. The molecular formula is C21H16ClNO4. The highest BCUT2D eigenvalue weighted by atomic mass is 35.5. The number of hydrogen-bond donors (Lipinski definition) is 0. The maximum absolute atomic E-state index is 11.3. The Morgan fingerprint density at radius 3 is 2.30 bits per heavy atom. The summed E-state index contributed by atoms with van der Waals surface area (Å²) >= 11 is 6.29. The number of esters is 2. The van der Waals surface area contributed by atoms with E-state index in [1.54, 1.807) is 42.5 Å². The van der Waals surface area contributed by atoms with Gasteiger partial charge in [0.15, 0.2) is 5.75 Å². The first kappa shape index (κ1) is 18.6. The van der Waals surface area contributed by atoms with Crippen molar-refractivity contribution in [2.45, 2.75) is 13.8 Å². The van der Waals surface area contributed by atoms with Crippen LogP contribution in [0.5, 0.6) is 11.5 Å². The van der Waals surface area contributed by atoms with Gasteiger partial charge < -0.3 is 9.47 Å². The Labute approximate surface area is 161 Å². The van der Waals surface area contributed by atoms with Crippen molar-refractivity contribution < 1.29 is 19.1 Å². The minimum absolute atomic E-state index is 0.301. The van der Waals surface area contributed by atoms with Crippen LogP contribution in [0.4, 0.5) is 0 Å². The Hall–Kier alpha value is -3.18. The molecule has 1 aromatic heterocycles. The van der Waals surface area contributed by atoms with Crippen molar-refractivity contribution in [1.82, 2.24) is 4.98 Å². The van der Waals surface area contributed by atoms with E-state index in [1.807, 2.05) is 18.2 Å².